The average Bonchev–Trinajstić information content (AvgIpc) is 2.43. The molecular formula is C17H20F3NO3. The van der Waals surface area contributed by atoms with Crippen molar-refractivity contribution in [3.05, 3.63) is 41.0 Å². The van der Waals surface area contributed by atoms with Gasteiger partial charge in [-0.25, -0.2) is 4.79 Å². The van der Waals surface area contributed by atoms with Crippen LogP contribution in [0.25, 0.3) is 6.08 Å². The lowest BCUT2D eigenvalue weighted by molar-refractivity contribution is -0.137. The Kier molecular flexibility index (Phi) is 6.57. The van der Waals surface area contributed by atoms with Gasteiger partial charge in [0.2, 0.25) is 0 Å². The Labute approximate surface area is 138 Å². The van der Waals surface area contributed by atoms with Crippen LogP contribution in [0.15, 0.2) is 24.3 Å². The average molecular weight is 343 g/mol. The zero-order valence-electron chi connectivity index (χ0n) is 13.7. The summed E-state index contributed by atoms with van der Waals surface area (Å²) in [6.07, 6.45) is -1.15. The molecule has 4 nitrogen and oxygen atoms in total. The van der Waals surface area contributed by atoms with E-state index in [9.17, 15) is 22.8 Å². The van der Waals surface area contributed by atoms with E-state index >= 15 is 0 Å². The molecule has 0 heterocycles. The van der Waals surface area contributed by atoms with E-state index in [1.54, 1.807) is 26.8 Å². The molecule has 0 radical (unpaired) electrons. The second-order valence-corrected chi connectivity index (χ2v) is 6.08. The van der Waals surface area contributed by atoms with Crippen molar-refractivity contribution in [2.24, 2.45) is 0 Å². The molecule has 0 spiro atoms. The Hall–Kier alpha value is -2.31. The molecule has 0 aliphatic heterocycles. The molecule has 0 aromatic heterocycles. The number of hydrogen-bond donors (Lipinski definition) is 1. The molecule has 1 aromatic rings. The van der Waals surface area contributed by atoms with Gasteiger partial charge in [-0.1, -0.05) is 18.2 Å². The van der Waals surface area contributed by atoms with E-state index in [-0.39, 0.29) is 17.7 Å². The van der Waals surface area contributed by atoms with Crippen molar-refractivity contribution in [3.8, 4) is 0 Å². The van der Waals surface area contributed by atoms with Crippen LogP contribution < -0.4 is 5.32 Å². The Morgan fingerprint density at radius 1 is 1.21 bits per heavy atom. The fraction of sp³-hybridized carbons (Fsp3) is 0.412. The molecule has 1 N–H and O–H groups in total. The summed E-state index contributed by atoms with van der Waals surface area (Å²) in [4.78, 5) is 22.3. The monoisotopic (exact) mass is 343 g/mol. The van der Waals surface area contributed by atoms with Gasteiger partial charge in [0.1, 0.15) is 5.60 Å². The molecule has 1 aromatic carbocycles. The molecule has 0 saturated heterocycles. The van der Waals surface area contributed by atoms with Crippen LogP contribution in [0.5, 0.6) is 0 Å². The number of carbonyl (C=O) groups is 2. The van der Waals surface area contributed by atoms with Gasteiger partial charge in [-0.05, 0) is 44.9 Å². The number of carbonyl (C=O) groups excluding carboxylic acids is 2. The maximum absolute atomic E-state index is 12.7. The van der Waals surface area contributed by atoms with E-state index in [0.29, 0.717) is 12.7 Å². The van der Waals surface area contributed by atoms with Crippen LogP contribution in [-0.2, 0) is 10.9 Å². The standard InChI is InChI=1S/C17H20F3NO3/c1-16(2,3)24-15(23)21-9-5-4-6-12-10-14(17(18,19)20)8-7-13(12)11-22/h4,6-8,10-11H,5,9H2,1-3H3,(H,21,23). The van der Waals surface area contributed by atoms with Gasteiger partial charge < -0.3 is 10.1 Å². The second kappa shape index (κ2) is 7.99. The Morgan fingerprint density at radius 2 is 1.88 bits per heavy atom. The number of alkyl carbamates (subject to hydrolysis) is 1. The summed E-state index contributed by atoms with van der Waals surface area (Å²) < 4.78 is 43.1. The number of rotatable bonds is 5. The van der Waals surface area contributed by atoms with E-state index in [1.807, 2.05) is 0 Å². The zero-order chi connectivity index (χ0) is 18.4. The highest BCUT2D eigenvalue weighted by Gasteiger charge is 2.30. The van der Waals surface area contributed by atoms with Crippen LogP contribution in [0, 0.1) is 0 Å². The lowest BCUT2D eigenvalue weighted by atomic mass is 10.0. The summed E-state index contributed by atoms with van der Waals surface area (Å²) in [5.74, 6) is 0. The minimum atomic E-state index is -4.47. The minimum Gasteiger partial charge on any atom is -0.444 e. The number of ether oxygens (including phenoxy) is 1. The third-order valence-corrected chi connectivity index (χ3v) is 2.82. The lowest BCUT2D eigenvalue weighted by Gasteiger charge is -2.19. The summed E-state index contributed by atoms with van der Waals surface area (Å²) >= 11 is 0. The normalized spacial score (nSPS) is 12.2. The summed E-state index contributed by atoms with van der Waals surface area (Å²) in [6, 6.07) is 2.92. The number of alkyl halides is 3. The van der Waals surface area contributed by atoms with Crippen LogP contribution in [0.2, 0.25) is 0 Å². The van der Waals surface area contributed by atoms with E-state index in [4.69, 9.17) is 4.74 Å². The van der Waals surface area contributed by atoms with Crippen molar-refractivity contribution in [2.75, 3.05) is 6.54 Å². The van der Waals surface area contributed by atoms with Gasteiger partial charge in [-0.2, -0.15) is 13.2 Å². The summed E-state index contributed by atoms with van der Waals surface area (Å²) in [5, 5.41) is 2.53. The van der Waals surface area contributed by atoms with Crippen molar-refractivity contribution in [1.29, 1.82) is 0 Å². The number of benzene rings is 1. The third-order valence-electron chi connectivity index (χ3n) is 2.82. The zero-order valence-corrected chi connectivity index (χ0v) is 13.7. The first-order valence-electron chi connectivity index (χ1n) is 7.33. The molecule has 0 unspecified atom stereocenters. The van der Waals surface area contributed by atoms with E-state index in [1.165, 1.54) is 6.08 Å². The lowest BCUT2D eigenvalue weighted by Crippen LogP contribution is -2.32. The van der Waals surface area contributed by atoms with Crippen LogP contribution in [-0.4, -0.2) is 24.5 Å². The van der Waals surface area contributed by atoms with Crippen molar-refractivity contribution in [2.45, 2.75) is 39.0 Å². The Balaban J connectivity index is 2.64. The summed E-state index contributed by atoms with van der Waals surface area (Å²) in [7, 11) is 0. The predicted octanol–water partition coefficient (Wildman–Crippen LogP) is 4.45. The minimum absolute atomic E-state index is 0.166. The molecule has 132 valence electrons. The number of hydrogen-bond acceptors (Lipinski definition) is 3. The summed E-state index contributed by atoms with van der Waals surface area (Å²) in [5.41, 5.74) is -1.08. The SMILES string of the molecule is CC(C)(C)OC(=O)NCCC=Cc1cc(C(F)(F)F)ccc1C=O. The molecule has 7 heteroatoms. The van der Waals surface area contributed by atoms with Crippen molar-refractivity contribution in [1.82, 2.24) is 5.32 Å². The highest BCUT2D eigenvalue weighted by molar-refractivity contribution is 5.82. The van der Waals surface area contributed by atoms with Crippen LogP contribution in [0.1, 0.15) is 48.7 Å². The molecule has 0 bridgehead atoms. The highest BCUT2D eigenvalue weighted by atomic mass is 19.4. The first-order chi connectivity index (χ1) is 11.0. The molecule has 0 aliphatic carbocycles. The maximum atomic E-state index is 12.7. The van der Waals surface area contributed by atoms with Gasteiger partial charge >= 0.3 is 12.3 Å². The largest absolute Gasteiger partial charge is 0.444 e. The van der Waals surface area contributed by atoms with Gasteiger partial charge in [-0.3, -0.25) is 4.79 Å². The maximum Gasteiger partial charge on any atom is 0.416 e. The van der Waals surface area contributed by atoms with Crippen LogP contribution >= 0.6 is 0 Å². The van der Waals surface area contributed by atoms with Gasteiger partial charge in [-0.15, -0.1) is 0 Å². The first-order valence-corrected chi connectivity index (χ1v) is 7.33. The topological polar surface area (TPSA) is 55.4 Å². The molecule has 1 amide bonds. The van der Waals surface area contributed by atoms with Gasteiger partial charge in [0.25, 0.3) is 0 Å². The third kappa shape index (κ3) is 6.85. The predicted molar refractivity (Wildman–Crippen MR) is 84.7 cm³/mol. The quantitative estimate of drug-likeness (QED) is 0.635. The fourth-order valence-electron chi connectivity index (χ4n) is 1.78. The van der Waals surface area contributed by atoms with Crippen LogP contribution in [0.4, 0.5) is 18.0 Å². The van der Waals surface area contributed by atoms with E-state index in [0.717, 1.165) is 18.2 Å². The van der Waals surface area contributed by atoms with Crippen molar-refractivity contribution in [3.63, 3.8) is 0 Å². The Bertz CT molecular complexity index is 616. The first kappa shape index (κ1) is 19.7. The van der Waals surface area contributed by atoms with Gasteiger partial charge in [0.15, 0.2) is 6.29 Å². The molecule has 0 fully saturated rings. The number of halogens is 3. The van der Waals surface area contributed by atoms with Crippen molar-refractivity contribution < 1.29 is 27.5 Å². The number of amides is 1. The van der Waals surface area contributed by atoms with Crippen molar-refractivity contribution >= 4 is 18.5 Å². The van der Waals surface area contributed by atoms with Gasteiger partial charge in [0, 0.05) is 12.1 Å². The second-order valence-electron chi connectivity index (χ2n) is 6.08. The van der Waals surface area contributed by atoms with E-state index in [2.05, 4.69) is 5.32 Å². The molecule has 0 atom stereocenters. The van der Waals surface area contributed by atoms with E-state index < -0.39 is 23.4 Å². The smallest absolute Gasteiger partial charge is 0.416 e. The highest BCUT2D eigenvalue weighted by Crippen LogP contribution is 2.30. The fourth-order valence-corrected chi connectivity index (χ4v) is 1.78. The molecular weight excluding hydrogens is 323 g/mol. The summed E-state index contributed by atoms with van der Waals surface area (Å²) in [6.45, 7) is 5.48. The molecule has 1 rings (SSSR count). The Morgan fingerprint density at radius 3 is 2.42 bits per heavy atom. The van der Waals surface area contributed by atoms with Gasteiger partial charge in [0.05, 0.1) is 5.56 Å². The molecule has 0 saturated carbocycles. The number of nitrogens with one attached hydrogen (secondary N) is 1. The molecule has 0 aliphatic rings. The van der Waals surface area contributed by atoms with Crippen LogP contribution in [0.3, 0.4) is 0 Å². The molecule has 24 heavy (non-hydrogen) atoms. The number of aldehydes is 1.